The largest absolute Gasteiger partial charge is 0.368 e. The molecule has 0 saturated carbocycles. The van der Waals surface area contributed by atoms with E-state index in [2.05, 4.69) is 36.2 Å². The highest BCUT2D eigenvalue weighted by Gasteiger charge is 2.27. The van der Waals surface area contributed by atoms with Gasteiger partial charge >= 0.3 is 0 Å². The zero-order chi connectivity index (χ0) is 21.7. The molecule has 1 saturated heterocycles. The SMILES string of the molecule is Cc1cccc(N2CCN(C(=O)CS(=O)(=O)CC(=O)Nc3ccccc3)CC2)c1C. The molecule has 3 rings (SSSR count). The molecule has 0 aliphatic carbocycles. The highest BCUT2D eigenvalue weighted by molar-refractivity contribution is 7.92. The van der Waals surface area contributed by atoms with Crippen molar-refractivity contribution in [1.82, 2.24) is 4.90 Å². The Morgan fingerprint density at radius 3 is 2.23 bits per heavy atom. The van der Waals surface area contributed by atoms with Gasteiger partial charge in [0.15, 0.2) is 9.84 Å². The molecule has 1 heterocycles. The van der Waals surface area contributed by atoms with Crippen LogP contribution < -0.4 is 10.2 Å². The molecule has 8 heteroatoms. The van der Waals surface area contributed by atoms with Gasteiger partial charge in [0, 0.05) is 37.6 Å². The van der Waals surface area contributed by atoms with E-state index in [9.17, 15) is 18.0 Å². The smallest absolute Gasteiger partial charge is 0.239 e. The van der Waals surface area contributed by atoms with Gasteiger partial charge in [-0.3, -0.25) is 9.59 Å². The first-order valence-corrected chi connectivity index (χ1v) is 11.7. The van der Waals surface area contributed by atoms with Crippen molar-refractivity contribution in [1.29, 1.82) is 0 Å². The van der Waals surface area contributed by atoms with Crippen LogP contribution in [-0.2, 0) is 19.4 Å². The molecule has 0 unspecified atom stereocenters. The highest BCUT2D eigenvalue weighted by atomic mass is 32.2. The number of nitrogens with one attached hydrogen (secondary N) is 1. The van der Waals surface area contributed by atoms with Crippen molar-refractivity contribution in [3.63, 3.8) is 0 Å². The van der Waals surface area contributed by atoms with E-state index in [1.165, 1.54) is 11.1 Å². The van der Waals surface area contributed by atoms with E-state index >= 15 is 0 Å². The Labute approximate surface area is 177 Å². The van der Waals surface area contributed by atoms with Gasteiger partial charge in [-0.1, -0.05) is 30.3 Å². The van der Waals surface area contributed by atoms with Crippen LogP contribution in [0, 0.1) is 13.8 Å². The maximum absolute atomic E-state index is 12.5. The fourth-order valence-corrected chi connectivity index (χ4v) is 4.66. The van der Waals surface area contributed by atoms with E-state index in [0.717, 1.165) is 5.69 Å². The van der Waals surface area contributed by atoms with E-state index in [1.807, 2.05) is 6.07 Å². The van der Waals surface area contributed by atoms with Gasteiger partial charge in [0.05, 0.1) is 0 Å². The summed E-state index contributed by atoms with van der Waals surface area (Å²) in [4.78, 5) is 28.3. The lowest BCUT2D eigenvalue weighted by atomic mass is 10.1. The van der Waals surface area contributed by atoms with Gasteiger partial charge in [-0.05, 0) is 43.2 Å². The fraction of sp³-hybridized carbons (Fsp3) is 0.364. The van der Waals surface area contributed by atoms with Crippen LogP contribution in [0.1, 0.15) is 11.1 Å². The molecule has 0 radical (unpaired) electrons. The molecule has 1 aliphatic rings. The summed E-state index contributed by atoms with van der Waals surface area (Å²) < 4.78 is 24.7. The minimum absolute atomic E-state index is 0.455. The maximum atomic E-state index is 12.5. The van der Waals surface area contributed by atoms with E-state index < -0.39 is 33.2 Å². The Morgan fingerprint density at radius 1 is 0.900 bits per heavy atom. The molecule has 160 valence electrons. The minimum Gasteiger partial charge on any atom is -0.368 e. The molecule has 30 heavy (non-hydrogen) atoms. The number of hydrogen-bond donors (Lipinski definition) is 1. The summed E-state index contributed by atoms with van der Waals surface area (Å²) in [5.74, 6) is -2.47. The van der Waals surface area contributed by atoms with Crippen LogP contribution in [0.2, 0.25) is 0 Å². The first kappa shape index (κ1) is 21.8. The third-order valence-electron chi connectivity index (χ3n) is 5.30. The van der Waals surface area contributed by atoms with Crippen LogP contribution in [0.3, 0.4) is 0 Å². The lowest BCUT2D eigenvalue weighted by Crippen LogP contribution is -2.50. The topological polar surface area (TPSA) is 86.8 Å². The molecule has 2 aromatic carbocycles. The van der Waals surface area contributed by atoms with Crippen molar-refractivity contribution in [2.24, 2.45) is 0 Å². The zero-order valence-corrected chi connectivity index (χ0v) is 18.1. The molecular formula is C22H27N3O4S. The maximum Gasteiger partial charge on any atom is 0.239 e. The number of anilines is 2. The van der Waals surface area contributed by atoms with Crippen molar-refractivity contribution in [2.45, 2.75) is 13.8 Å². The number of carbonyl (C=O) groups is 2. The lowest BCUT2D eigenvalue weighted by molar-refractivity contribution is -0.128. The van der Waals surface area contributed by atoms with Gasteiger partial charge in [0.25, 0.3) is 0 Å². The summed E-state index contributed by atoms with van der Waals surface area (Å²) in [6.07, 6.45) is 0. The van der Waals surface area contributed by atoms with Gasteiger partial charge in [0.2, 0.25) is 11.8 Å². The van der Waals surface area contributed by atoms with Crippen LogP contribution >= 0.6 is 0 Å². The first-order valence-electron chi connectivity index (χ1n) is 9.89. The molecule has 2 aromatic rings. The summed E-state index contributed by atoms with van der Waals surface area (Å²) in [7, 11) is -3.84. The van der Waals surface area contributed by atoms with Crippen molar-refractivity contribution in [2.75, 3.05) is 47.9 Å². The lowest BCUT2D eigenvalue weighted by Gasteiger charge is -2.37. The minimum atomic E-state index is -3.84. The second kappa shape index (κ2) is 9.30. The Bertz CT molecular complexity index is 1010. The van der Waals surface area contributed by atoms with Crippen LogP contribution in [0.25, 0.3) is 0 Å². The summed E-state index contributed by atoms with van der Waals surface area (Å²) in [5, 5.41) is 2.53. The number of amides is 2. The molecule has 1 aliphatic heterocycles. The monoisotopic (exact) mass is 429 g/mol. The van der Waals surface area contributed by atoms with E-state index in [1.54, 1.807) is 35.2 Å². The number of hydrogen-bond acceptors (Lipinski definition) is 5. The predicted octanol–water partition coefficient (Wildman–Crippen LogP) is 2.01. The number of para-hydroxylation sites is 1. The Kier molecular flexibility index (Phi) is 6.77. The Balaban J connectivity index is 1.52. The second-order valence-electron chi connectivity index (χ2n) is 7.53. The molecule has 0 atom stereocenters. The summed E-state index contributed by atoms with van der Waals surface area (Å²) in [5.41, 5.74) is 4.09. The van der Waals surface area contributed by atoms with Gasteiger partial charge in [0.1, 0.15) is 11.5 Å². The summed E-state index contributed by atoms with van der Waals surface area (Å²) in [6, 6.07) is 14.8. The van der Waals surface area contributed by atoms with Gasteiger partial charge in [-0.2, -0.15) is 0 Å². The average Bonchev–Trinajstić information content (AvgIpc) is 2.70. The van der Waals surface area contributed by atoms with Gasteiger partial charge in [-0.15, -0.1) is 0 Å². The average molecular weight is 430 g/mol. The normalized spacial score (nSPS) is 14.5. The molecule has 1 N–H and O–H groups in total. The Morgan fingerprint density at radius 2 is 1.57 bits per heavy atom. The van der Waals surface area contributed by atoms with Gasteiger partial charge < -0.3 is 15.1 Å². The number of benzene rings is 2. The third-order valence-corrected chi connectivity index (χ3v) is 6.69. The molecule has 7 nitrogen and oxygen atoms in total. The van der Waals surface area contributed by atoms with E-state index in [4.69, 9.17) is 0 Å². The van der Waals surface area contributed by atoms with Crippen LogP contribution in [-0.4, -0.2) is 62.8 Å². The van der Waals surface area contributed by atoms with Gasteiger partial charge in [-0.25, -0.2) is 8.42 Å². The van der Waals surface area contributed by atoms with Crippen molar-refractivity contribution >= 4 is 33.0 Å². The molecule has 0 spiro atoms. The highest BCUT2D eigenvalue weighted by Crippen LogP contribution is 2.23. The first-order chi connectivity index (χ1) is 14.2. The summed E-state index contributed by atoms with van der Waals surface area (Å²) in [6.45, 7) is 6.34. The quantitative estimate of drug-likeness (QED) is 0.759. The summed E-state index contributed by atoms with van der Waals surface area (Å²) >= 11 is 0. The molecule has 0 bridgehead atoms. The molecule has 0 aromatic heterocycles. The number of nitrogens with zero attached hydrogens (tertiary/aromatic N) is 2. The number of carbonyl (C=O) groups excluding carboxylic acids is 2. The number of aryl methyl sites for hydroxylation is 1. The van der Waals surface area contributed by atoms with Crippen LogP contribution in [0.5, 0.6) is 0 Å². The van der Waals surface area contributed by atoms with Crippen molar-refractivity contribution in [3.05, 3.63) is 59.7 Å². The molecule has 1 fully saturated rings. The molecular weight excluding hydrogens is 402 g/mol. The van der Waals surface area contributed by atoms with E-state index in [-0.39, 0.29) is 0 Å². The third kappa shape index (κ3) is 5.60. The zero-order valence-electron chi connectivity index (χ0n) is 17.3. The number of piperazine rings is 1. The molecule has 2 amide bonds. The standard InChI is InChI=1S/C22H27N3O4S/c1-17-7-6-10-20(18(17)2)24-11-13-25(14-12-24)22(27)16-30(28,29)15-21(26)23-19-8-4-3-5-9-19/h3-10H,11-16H2,1-2H3,(H,23,26). The predicted molar refractivity (Wildman–Crippen MR) is 118 cm³/mol. The van der Waals surface area contributed by atoms with Crippen molar-refractivity contribution in [3.8, 4) is 0 Å². The van der Waals surface area contributed by atoms with Crippen LogP contribution in [0.4, 0.5) is 11.4 Å². The number of sulfone groups is 1. The van der Waals surface area contributed by atoms with Crippen molar-refractivity contribution < 1.29 is 18.0 Å². The number of rotatable bonds is 6. The van der Waals surface area contributed by atoms with Crippen LogP contribution in [0.15, 0.2) is 48.5 Å². The van der Waals surface area contributed by atoms with E-state index in [0.29, 0.717) is 31.9 Å². The fourth-order valence-electron chi connectivity index (χ4n) is 3.52. The second-order valence-corrected chi connectivity index (χ2v) is 9.60. The Hall–Kier alpha value is -2.87.